The van der Waals surface area contributed by atoms with Crippen molar-refractivity contribution in [2.45, 2.75) is 13.5 Å². The van der Waals surface area contributed by atoms with Crippen LogP contribution in [0.3, 0.4) is 0 Å². The van der Waals surface area contributed by atoms with Gasteiger partial charge in [-0.05, 0) is 34.9 Å². The third kappa shape index (κ3) is 2.75. The first-order chi connectivity index (χ1) is 12.0. The summed E-state index contributed by atoms with van der Waals surface area (Å²) in [5, 5.41) is 7.46. The van der Waals surface area contributed by atoms with Crippen LogP contribution in [0.25, 0.3) is 5.82 Å². The molecule has 8 heteroatoms. The minimum atomic E-state index is -0.460. The number of aryl methyl sites for hydroxylation is 2. The van der Waals surface area contributed by atoms with Gasteiger partial charge in [0.15, 0.2) is 5.82 Å². The number of para-hydroxylation sites is 1. The zero-order valence-electron chi connectivity index (χ0n) is 14.1. The molecule has 3 rings (SSSR count). The van der Waals surface area contributed by atoms with Crippen molar-refractivity contribution in [3.63, 3.8) is 0 Å². The van der Waals surface area contributed by atoms with Crippen LogP contribution in [-0.2, 0) is 13.7 Å². The molecule has 0 amide bonds. The van der Waals surface area contributed by atoms with E-state index in [4.69, 9.17) is 12.5 Å². The zero-order chi connectivity index (χ0) is 18.0. The molecular formula is C16H14N6O2. The predicted octanol–water partition coefficient (Wildman–Crippen LogP) is 0.625. The van der Waals surface area contributed by atoms with Crippen LogP contribution < -0.4 is 10.4 Å². The third-order valence-electron chi connectivity index (χ3n) is 3.37. The van der Waals surface area contributed by atoms with Gasteiger partial charge in [0, 0.05) is 7.05 Å². The van der Waals surface area contributed by atoms with Gasteiger partial charge in [-0.25, -0.2) is 14.8 Å². The Labute approximate surface area is 139 Å². The fourth-order valence-electron chi connectivity index (χ4n) is 2.10. The smallest absolute Gasteiger partial charge is 0.369 e. The van der Waals surface area contributed by atoms with Crippen LogP contribution in [0.5, 0.6) is 5.75 Å². The standard InChI is InChI=1S/C16H14N6O2/c1-4-13-12(9-24-14-8-6-5-7-11(14)2)15(18-10-17-13)22-16(23)21(3)19-20-22/h1,5-8,10H,9H2,2-3H3/i5T. The Kier molecular flexibility index (Phi) is 3.73. The molecule has 0 unspecified atom stereocenters. The predicted molar refractivity (Wildman–Crippen MR) is 85.6 cm³/mol. The van der Waals surface area contributed by atoms with E-state index in [-0.39, 0.29) is 12.4 Å². The maximum atomic E-state index is 12.1. The highest BCUT2D eigenvalue weighted by Crippen LogP contribution is 2.20. The first-order valence-corrected chi connectivity index (χ1v) is 7.01. The highest BCUT2D eigenvalue weighted by Gasteiger charge is 2.17. The molecule has 8 nitrogen and oxygen atoms in total. The molecule has 24 heavy (non-hydrogen) atoms. The molecule has 0 bridgehead atoms. The number of terminal acetylenes is 1. The summed E-state index contributed by atoms with van der Waals surface area (Å²) in [4.78, 5) is 20.3. The van der Waals surface area contributed by atoms with E-state index in [1.165, 1.54) is 13.4 Å². The molecule has 0 fully saturated rings. The quantitative estimate of drug-likeness (QED) is 0.654. The Morgan fingerprint density at radius 1 is 1.38 bits per heavy atom. The van der Waals surface area contributed by atoms with Crippen molar-refractivity contribution in [3.8, 4) is 23.9 Å². The van der Waals surface area contributed by atoms with E-state index in [1.807, 2.05) is 6.92 Å². The van der Waals surface area contributed by atoms with Gasteiger partial charge in [-0.3, -0.25) is 0 Å². The summed E-state index contributed by atoms with van der Waals surface area (Å²) in [6.07, 6.45) is 6.77. The fraction of sp³-hybridized carbons (Fsp3) is 0.188. The molecule has 0 spiro atoms. The number of tetrazole rings is 1. The molecule has 1 aromatic carbocycles. The van der Waals surface area contributed by atoms with Gasteiger partial charge in [0.1, 0.15) is 24.4 Å². The van der Waals surface area contributed by atoms with Crippen LogP contribution in [0.4, 0.5) is 0 Å². The number of hydrogen-bond donors (Lipinski definition) is 0. The number of nitrogens with zero attached hydrogens (tertiary/aromatic N) is 6. The maximum Gasteiger partial charge on any atom is 0.369 e. The summed E-state index contributed by atoms with van der Waals surface area (Å²) in [7, 11) is 1.48. The maximum absolute atomic E-state index is 12.1. The van der Waals surface area contributed by atoms with Crippen LogP contribution in [0.15, 0.2) is 35.4 Å². The van der Waals surface area contributed by atoms with Gasteiger partial charge in [0.25, 0.3) is 0 Å². The second-order valence-corrected chi connectivity index (χ2v) is 4.95. The lowest BCUT2D eigenvalue weighted by atomic mass is 10.2. The second kappa shape index (κ2) is 6.34. The first kappa shape index (κ1) is 14.1. The van der Waals surface area contributed by atoms with E-state index in [9.17, 15) is 4.79 Å². The molecule has 0 aliphatic rings. The Balaban J connectivity index is 2.01. The van der Waals surface area contributed by atoms with Crippen molar-refractivity contribution in [1.29, 1.82) is 0 Å². The van der Waals surface area contributed by atoms with E-state index in [1.54, 1.807) is 18.2 Å². The molecule has 3 aromatic rings. The van der Waals surface area contributed by atoms with Crippen LogP contribution in [0.1, 0.15) is 18.2 Å². The average molecular weight is 324 g/mol. The number of benzene rings is 1. The lowest BCUT2D eigenvalue weighted by Gasteiger charge is -2.12. The van der Waals surface area contributed by atoms with E-state index in [0.29, 0.717) is 23.0 Å². The van der Waals surface area contributed by atoms with Crippen LogP contribution >= 0.6 is 0 Å². The Hall–Kier alpha value is -3.47. The topological polar surface area (TPSA) is 87.7 Å². The van der Waals surface area contributed by atoms with E-state index in [0.717, 1.165) is 14.9 Å². The molecule has 0 atom stereocenters. The molecule has 120 valence electrons. The van der Waals surface area contributed by atoms with Gasteiger partial charge >= 0.3 is 5.69 Å². The van der Waals surface area contributed by atoms with E-state index in [2.05, 4.69) is 26.3 Å². The average Bonchev–Trinajstić information content (AvgIpc) is 2.93. The highest BCUT2D eigenvalue weighted by molar-refractivity contribution is 5.43. The fourth-order valence-corrected chi connectivity index (χ4v) is 2.10. The van der Waals surface area contributed by atoms with Crippen molar-refractivity contribution in [3.05, 3.63) is 57.9 Å². The molecule has 0 aliphatic heterocycles. The van der Waals surface area contributed by atoms with E-state index >= 15 is 0 Å². The minimum Gasteiger partial charge on any atom is -0.488 e. The molecule has 0 saturated heterocycles. The molecular weight excluding hydrogens is 308 g/mol. The van der Waals surface area contributed by atoms with Gasteiger partial charge in [-0.1, -0.05) is 18.2 Å². The second-order valence-electron chi connectivity index (χ2n) is 4.95. The monoisotopic (exact) mass is 324 g/mol. The molecule has 0 aliphatic carbocycles. The van der Waals surface area contributed by atoms with Gasteiger partial charge in [-0.2, -0.15) is 4.68 Å². The lowest BCUT2D eigenvalue weighted by Crippen LogP contribution is -2.24. The number of ether oxygens (including phenoxy) is 1. The highest BCUT2D eigenvalue weighted by atomic mass is 16.5. The van der Waals surface area contributed by atoms with Gasteiger partial charge < -0.3 is 4.74 Å². The lowest BCUT2D eigenvalue weighted by molar-refractivity contribution is 0.302. The minimum absolute atomic E-state index is 0.0386. The van der Waals surface area contributed by atoms with E-state index < -0.39 is 5.69 Å². The summed E-state index contributed by atoms with van der Waals surface area (Å²) in [6.45, 7) is 1.88. The summed E-state index contributed by atoms with van der Waals surface area (Å²) >= 11 is 0. The van der Waals surface area contributed by atoms with Crippen molar-refractivity contribution >= 4 is 0 Å². The third-order valence-corrected chi connectivity index (χ3v) is 3.37. The van der Waals surface area contributed by atoms with Crippen LogP contribution in [0.2, 0.25) is 0 Å². The van der Waals surface area contributed by atoms with Crippen molar-refractivity contribution in [1.82, 2.24) is 29.8 Å². The Bertz CT molecular complexity index is 1030. The number of aromatic nitrogens is 6. The van der Waals surface area contributed by atoms with Crippen molar-refractivity contribution in [2.75, 3.05) is 0 Å². The molecule has 0 saturated carbocycles. The number of rotatable bonds is 4. The SMILES string of the molecule is [3H]c1ccc(OCc2c(C#C)ncnc2-n2nnn(C)c2=O)c(C)c1. The van der Waals surface area contributed by atoms with Crippen molar-refractivity contribution < 1.29 is 6.11 Å². The van der Waals surface area contributed by atoms with Crippen LogP contribution in [-0.4, -0.2) is 29.8 Å². The summed E-state index contributed by atoms with van der Waals surface area (Å²) in [5.41, 5.74) is 1.10. The normalized spacial score (nSPS) is 11.0. The summed E-state index contributed by atoms with van der Waals surface area (Å²) in [5.74, 6) is 3.28. The molecule has 0 radical (unpaired) electrons. The summed E-state index contributed by atoms with van der Waals surface area (Å²) < 4.78 is 15.5. The van der Waals surface area contributed by atoms with Gasteiger partial charge in [0.05, 0.1) is 6.93 Å². The summed E-state index contributed by atoms with van der Waals surface area (Å²) in [6, 6.07) is 5.40. The Morgan fingerprint density at radius 2 is 2.21 bits per heavy atom. The van der Waals surface area contributed by atoms with Gasteiger partial charge in [-0.15, -0.1) is 11.1 Å². The first-order valence-electron chi connectivity index (χ1n) is 7.51. The molecule has 2 heterocycles. The van der Waals surface area contributed by atoms with Crippen LogP contribution in [0, 0.1) is 19.3 Å². The number of hydrogen-bond acceptors (Lipinski definition) is 6. The zero-order valence-corrected chi connectivity index (χ0v) is 13.1. The largest absolute Gasteiger partial charge is 0.488 e. The molecule has 2 aromatic heterocycles. The Morgan fingerprint density at radius 3 is 2.88 bits per heavy atom. The van der Waals surface area contributed by atoms with Crippen molar-refractivity contribution in [2.24, 2.45) is 7.05 Å². The van der Waals surface area contributed by atoms with Gasteiger partial charge in [0.2, 0.25) is 0 Å². The molecule has 0 N–H and O–H groups in total.